The van der Waals surface area contributed by atoms with Crippen LogP contribution in [0.5, 0.6) is 11.5 Å². The van der Waals surface area contributed by atoms with Crippen molar-refractivity contribution in [3.05, 3.63) is 48.5 Å². The third-order valence-corrected chi connectivity index (χ3v) is 4.91. The van der Waals surface area contributed by atoms with Gasteiger partial charge in [-0.3, -0.25) is 9.59 Å². The number of nitrogens with one attached hydrogen (secondary N) is 2. The van der Waals surface area contributed by atoms with Gasteiger partial charge in [-0.25, -0.2) is 4.99 Å². The smallest absolute Gasteiger partial charge is 0.240 e. The van der Waals surface area contributed by atoms with Gasteiger partial charge < -0.3 is 20.1 Å². The molecule has 2 aromatic carbocycles. The summed E-state index contributed by atoms with van der Waals surface area (Å²) in [6, 6.07) is 14.2. The van der Waals surface area contributed by atoms with Crippen LogP contribution in [0.3, 0.4) is 0 Å². The highest BCUT2D eigenvalue weighted by atomic mass is 32.2. The largest absolute Gasteiger partial charge is 0.497 e. The Bertz CT molecular complexity index is 850. The molecule has 0 radical (unpaired) electrons. The first-order chi connectivity index (χ1) is 13.1. The van der Waals surface area contributed by atoms with Crippen molar-refractivity contribution >= 4 is 40.1 Å². The number of carbonyl (C=O) groups excluding carboxylic acids is 2. The van der Waals surface area contributed by atoms with E-state index in [1.54, 1.807) is 62.8 Å². The van der Waals surface area contributed by atoms with Gasteiger partial charge in [0.1, 0.15) is 16.7 Å². The molecule has 27 heavy (non-hydrogen) atoms. The third kappa shape index (κ3) is 5.01. The zero-order chi connectivity index (χ0) is 19.2. The number of ether oxygens (including phenoxy) is 2. The second-order valence-electron chi connectivity index (χ2n) is 5.69. The van der Waals surface area contributed by atoms with Gasteiger partial charge in [-0.15, -0.1) is 0 Å². The molecule has 1 aliphatic heterocycles. The van der Waals surface area contributed by atoms with Crippen LogP contribution >= 0.6 is 11.8 Å². The van der Waals surface area contributed by atoms with Gasteiger partial charge in [-0.05, 0) is 48.5 Å². The van der Waals surface area contributed by atoms with Crippen molar-refractivity contribution in [1.29, 1.82) is 0 Å². The predicted octanol–water partition coefficient (Wildman–Crippen LogP) is 2.95. The number of nitrogens with zero attached hydrogens (tertiary/aromatic N) is 1. The zero-order valence-electron chi connectivity index (χ0n) is 14.9. The molecule has 0 aromatic heterocycles. The van der Waals surface area contributed by atoms with Gasteiger partial charge in [0.05, 0.1) is 19.9 Å². The molecule has 7 nitrogen and oxygen atoms in total. The van der Waals surface area contributed by atoms with E-state index in [0.29, 0.717) is 22.3 Å². The Morgan fingerprint density at radius 1 is 1.07 bits per heavy atom. The lowest BCUT2D eigenvalue weighted by atomic mass is 10.2. The van der Waals surface area contributed by atoms with E-state index in [1.807, 2.05) is 0 Å². The quantitative estimate of drug-likeness (QED) is 0.798. The Hall–Kier alpha value is -3.00. The topological polar surface area (TPSA) is 89.0 Å². The summed E-state index contributed by atoms with van der Waals surface area (Å²) in [6.07, 6.45) is 0.0597. The van der Waals surface area contributed by atoms with E-state index in [2.05, 4.69) is 15.6 Å². The molecule has 0 saturated carbocycles. The molecule has 0 aliphatic carbocycles. The van der Waals surface area contributed by atoms with E-state index in [0.717, 1.165) is 5.75 Å². The molecule has 1 saturated heterocycles. The number of hydrogen-bond acceptors (Lipinski definition) is 6. The summed E-state index contributed by atoms with van der Waals surface area (Å²) in [7, 11) is 3.17. The summed E-state index contributed by atoms with van der Waals surface area (Å²) in [4.78, 5) is 28.7. The average Bonchev–Trinajstić information content (AvgIpc) is 3.01. The molecular weight excluding hydrogens is 366 g/mol. The number of thioether (sulfide) groups is 1. The molecule has 140 valence electrons. The number of aliphatic imine (C=N–C) groups is 1. The minimum Gasteiger partial charge on any atom is -0.497 e. The summed E-state index contributed by atoms with van der Waals surface area (Å²) in [6.45, 7) is 0. The molecule has 8 heteroatoms. The van der Waals surface area contributed by atoms with Gasteiger partial charge >= 0.3 is 0 Å². The highest BCUT2D eigenvalue weighted by Gasteiger charge is 2.32. The van der Waals surface area contributed by atoms with Crippen LogP contribution in [0, 0.1) is 0 Å². The number of anilines is 1. The Labute approximate surface area is 161 Å². The van der Waals surface area contributed by atoms with Crippen LogP contribution in [0.25, 0.3) is 0 Å². The first-order valence-corrected chi connectivity index (χ1v) is 9.09. The van der Waals surface area contributed by atoms with Crippen molar-refractivity contribution in [3.63, 3.8) is 0 Å². The Morgan fingerprint density at radius 3 is 2.26 bits per heavy atom. The molecule has 1 fully saturated rings. The number of carbonyl (C=O) groups is 2. The molecule has 0 spiro atoms. The molecule has 1 heterocycles. The van der Waals surface area contributed by atoms with Crippen LogP contribution in [0.15, 0.2) is 53.5 Å². The average molecular weight is 385 g/mol. The lowest BCUT2D eigenvalue weighted by molar-refractivity contribution is -0.122. The third-order valence-electron chi connectivity index (χ3n) is 3.82. The van der Waals surface area contributed by atoms with E-state index < -0.39 is 5.25 Å². The lowest BCUT2D eigenvalue weighted by Gasteiger charge is -2.08. The van der Waals surface area contributed by atoms with Crippen molar-refractivity contribution in [2.45, 2.75) is 11.7 Å². The fraction of sp³-hybridized carbons (Fsp3) is 0.211. The molecule has 3 rings (SSSR count). The van der Waals surface area contributed by atoms with Crippen LogP contribution in [0.2, 0.25) is 0 Å². The van der Waals surface area contributed by atoms with Gasteiger partial charge in [0.25, 0.3) is 0 Å². The maximum absolute atomic E-state index is 12.2. The van der Waals surface area contributed by atoms with Gasteiger partial charge in [0.15, 0.2) is 5.17 Å². The number of benzene rings is 2. The summed E-state index contributed by atoms with van der Waals surface area (Å²) in [5.41, 5.74) is 1.35. The van der Waals surface area contributed by atoms with Crippen molar-refractivity contribution in [3.8, 4) is 11.5 Å². The van der Waals surface area contributed by atoms with Gasteiger partial charge in [-0.2, -0.15) is 0 Å². The second-order valence-corrected chi connectivity index (χ2v) is 6.88. The van der Waals surface area contributed by atoms with E-state index in [4.69, 9.17) is 9.47 Å². The highest BCUT2D eigenvalue weighted by molar-refractivity contribution is 8.15. The van der Waals surface area contributed by atoms with Crippen LogP contribution in [0.1, 0.15) is 6.42 Å². The number of amidine groups is 1. The van der Waals surface area contributed by atoms with E-state index >= 15 is 0 Å². The second kappa shape index (κ2) is 8.59. The maximum atomic E-state index is 12.2. The Morgan fingerprint density at radius 2 is 1.67 bits per heavy atom. The molecular formula is C19H19N3O4S. The van der Waals surface area contributed by atoms with Crippen LogP contribution in [0.4, 0.5) is 11.4 Å². The van der Waals surface area contributed by atoms with Crippen LogP contribution in [-0.4, -0.2) is 36.5 Å². The molecule has 1 aliphatic rings. The fourth-order valence-corrected chi connectivity index (χ4v) is 3.41. The van der Waals surface area contributed by atoms with Crippen LogP contribution < -0.4 is 20.1 Å². The molecule has 0 bridgehead atoms. The van der Waals surface area contributed by atoms with E-state index in [9.17, 15) is 9.59 Å². The monoisotopic (exact) mass is 385 g/mol. The summed E-state index contributed by atoms with van der Waals surface area (Å²) in [5.74, 6) is 0.976. The first-order valence-electron chi connectivity index (χ1n) is 8.21. The SMILES string of the molecule is COc1ccc(/N=C2\NC(=O)C(CC(=O)Nc3ccc(OC)cc3)S2)cc1. The number of methoxy groups -OCH3 is 2. The van der Waals surface area contributed by atoms with Crippen molar-refractivity contribution in [2.24, 2.45) is 4.99 Å². The van der Waals surface area contributed by atoms with Crippen molar-refractivity contribution in [2.75, 3.05) is 19.5 Å². The predicted molar refractivity (Wildman–Crippen MR) is 106 cm³/mol. The number of rotatable bonds is 6. The molecule has 2 amide bonds. The normalized spacial score (nSPS) is 17.5. The van der Waals surface area contributed by atoms with E-state index in [1.165, 1.54) is 11.8 Å². The van der Waals surface area contributed by atoms with Gasteiger partial charge in [0, 0.05) is 12.1 Å². The first kappa shape index (κ1) is 18.8. The van der Waals surface area contributed by atoms with Gasteiger partial charge in [-0.1, -0.05) is 11.8 Å². The summed E-state index contributed by atoms with van der Waals surface area (Å²) >= 11 is 1.25. The van der Waals surface area contributed by atoms with Gasteiger partial charge in [0.2, 0.25) is 11.8 Å². The molecule has 1 unspecified atom stereocenters. The standard InChI is InChI=1S/C19H19N3O4S/c1-25-14-7-3-12(4-8-14)20-17(23)11-16-18(24)22-19(27-16)21-13-5-9-15(26-2)10-6-13/h3-10,16H,11H2,1-2H3,(H,20,23)(H,21,22,24). The zero-order valence-corrected chi connectivity index (χ0v) is 15.7. The summed E-state index contributed by atoms with van der Waals surface area (Å²) < 4.78 is 10.2. The van der Waals surface area contributed by atoms with Crippen molar-refractivity contribution in [1.82, 2.24) is 5.32 Å². The Balaban J connectivity index is 1.57. The Kier molecular flexibility index (Phi) is 5.97. The molecule has 2 aromatic rings. The van der Waals surface area contributed by atoms with Crippen LogP contribution in [-0.2, 0) is 9.59 Å². The summed E-state index contributed by atoms with van der Waals surface area (Å²) in [5, 5.41) is 5.45. The molecule has 2 N–H and O–H groups in total. The van der Waals surface area contributed by atoms with Crippen molar-refractivity contribution < 1.29 is 19.1 Å². The molecule has 1 atom stereocenters. The maximum Gasteiger partial charge on any atom is 0.240 e. The number of amides is 2. The number of hydrogen-bond donors (Lipinski definition) is 2. The highest BCUT2D eigenvalue weighted by Crippen LogP contribution is 2.26. The fourth-order valence-electron chi connectivity index (χ4n) is 2.42. The van der Waals surface area contributed by atoms with E-state index in [-0.39, 0.29) is 18.2 Å². The minimum atomic E-state index is -0.514. The minimum absolute atomic E-state index is 0.0597. The lowest BCUT2D eigenvalue weighted by Crippen LogP contribution is -2.28.